The normalized spacial score (nSPS) is 11.5. The van der Waals surface area contributed by atoms with Crippen molar-refractivity contribution in [1.29, 1.82) is 0 Å². The van der Waals surface area contributed by atoms with Crippen LogP contribution in [-0.4, -0.2) is 7.11 Å². The highest BCUT2D eigenvalue weighted by Gasteiger charge is 1.90. The van der Waals surface area contributed by atoms with Gasteiger partial charge in [0, 0.05) is 10.7 Å². The SMILES string of the molecule is CON/C(C)=C/c1ccc(Cl)cc1. The van der Waals surface area contributed by atoms with E-state index in [1.54, 1.807) is 7.11 Å². The van der Waals surface area contributed by atoms with Crippen LogP contribution in [0.1, 0.15) is 12.5 Å². The van der Waals surface area contributed by atoms with Crippen LogP contribution in [-0.2, 0) is 4.84 Å². The molecule has 0 aliphatic heterocycles. The maximum Gasteiger partial charge on any atom is 0.0636 e. The number of allylic oxidation sites excluding steroid dienone is 1. The Hall–Kier alpha value is -0.990. The Bertz CT molecular complexity index is 292. The largest absolute Gasteiger partial charge is 0.280 e. The second-order valence-electron chi connectivity index (χ2n) is 2.69. The third-order valence-electron chi connectivity index (χ3n) is 1.52. The Labute approximate surface area is 83.1 Å². The lowest BCUT2D eigenvalue weighted by Gasteiger charge is -2.02. The van der Waals surface area contributed by atoms with Gasteiger partial charge in [-0.25, -0.2) is 0 Å². The second kappa shape index (κ2) is 4.90. The predicted molar refractivity (Wildman–Crippen MR) is 55.2 cm³/mol. The molecule has 1 rings (SSSR count). The van der Waals surface area contributed by atoms with Crippen LogP contribution in [0, 0.1) is 0 Å². The first-order valence-electron chi connectivity index (χ1n) is 3.95. The van der Waals surface area contributed by atoms with Crippen molar-refractivity contribution in [2.45, 2.75) is 6.92 Å². The molecule has 0 bridgehead atoms. The Kier molecular flexibility index (Phi) is 3.80. The Balaban J connectivity index is 2.73. The molecule has 70 valence electrons. The minimum Gasteiger partial charge on any atom is -0.280 e. The summed E-state index contributed by atoms with van der Waals surface area (Å²) in [6.07, 6.45) is 1.97. The summed E-state index contributed by atoms with van der Waals surface area (Å²) in [7, 11) is 1.58. The van der Waals surface area contributed by atoms with Gasteiger partial charge in [-0.3, -0.25) is 10.3 Å². The van der Waals surface area contributed by atoms with E-state index in [-0.39, 0.29) is 0 Å². The first-order valence-corrected chi connectivity index (χ1v) is 4.33. The van der Waals surface area contributed by atoms with Crippen molar-refractivity contribution in [3.8, 4) is 0 Å². The number of halogens is 1. The average Bonchev–Trinajstić information content (AvgIpc) is 2.09. The maximum atomic E-state index is 5.75. The van der Waals surface area contributed by atoms with E-state index in [0.29, 0.717) is 0 Å². The van der Waals surface area contributed by atoms with Gasteiger partial charge in [0.2, 0.25) is 0 Å². The zero-order chi connectivity index (χ0) is 9.68. The lowest BCUT2D eigenvalue weighted by molar-refractivity contribution is 0.119. The standard InChI is InChI=1S/C10H12ClNO/c1-8(12-13-2)7-9-3-5-10(11)6-4-9/h3-7,12H,1-2H3/b8-7+. The minimum absolute atomic E-state index is 0.745. The van der Waals surface area contributed by atoms with Crippen molar-refractivity contribution in [3.63, 3.8) is 0 Å². The summed E-state index contributed by atoms with van der Waals surface area (Å²) in [5, 5.41) is 0.745. The molecule has 0 atom stereocenters. The molecule has 0 aromatic heterocycles. The molecule has 1 N–H and O–H groups in total. The zero-order valence-electron chi connectivity index (χ0n) is 7.67. The van der Waals surface area contributed by atoms with E-state index in [1.165, 1.54) is 0 Å². The fourth-order valence-corrected chi connectivity index (χ4v) is 1.13. The van der Waals surface area contributed by atoms with Crippen LogP contribution in [0.5, 0.6) is 0 Å². The van der Waals surface area contributed by atoms with E-state index < -0.39 is 0 Å². The van der Waals surface area contributed by atoms with Crippen LogP contribution >= 0.6 is 11.6 Å². The van der Waals surface area contributed by atoms with Gasteiger partial charge in [-0.1, -0.05) is 23.7 Å². The number of rotatable bonds is 3. The first-order chi connectivity index (χ1) is 6.22. The van der Waals surface area contributed by atoms with E-state index in [4.69, 9.17) is 16.4 Å². The molecule has 13 heavy (non-hydrogen) atoms. The van der Waals surface area contributed by atoms with Gasteiger partial charge in [-0.05, 0) is 30.7 Å². The van der Waals surface area contributed by atoms with E-state index in [0.717, 1.165) is 16.3 Å². The third kappa shape index (κ3) is 3.49. The second-order valence-corrected chi connectivity index (χ2v) is 3.12. The van der Waals surface area contributed by atoms with Gasteiger partial charge >= 0.3 is 0 Å². The number of nitrogens with one attached hydrogen (secondary N) is 1. The molecule has 0 amide bonds. The van der Waals surface area contributed by atoms with Gasteiger partial charge < -0.3 is 0 Å². The van der Waals surface area contributed by atoms with Crippen LogP contribution in [0.4, 0.5) is 0 Å². The molecule has 0 spiro atoms. The van der Waals surface area contributed by atoms with Crippen molar-refractivity contribution in [1.82, 2.24) is 5.48 Å². The molecule has 0 aliphatic carbocycles. The molecule has 0 radical (unpaired) electrons. The zero-order valence-corrected chi connectivity index (χ0v) is 8.43. The number of hydroxylamine groups is 1. The van der Waals surface area contributed by atoms with Crippen LogP contribution in [0.3, 0.4) is 0 Å². The Morgan fingerprint density at radius 2 is 2.00 bits per heavy atom. The van der Waals surface area contributed by atoms with Crippen molar-refractivity contribution >= 4 is 17.7 Å². The summed E-state index contributed by atoms with van der Waals surface area (Å²) in [5.41, 5.74) is 4.77. The van der Waals surface area contributed by atoms with E-state index in [9.17, 15) is 0 Å². The summed E-state index contributed by atoms with van der Waals surface area (Å²) in [6.45, 7) is 1.93. The maximum absolute atomic E-state index is 5.75. The van der Waals surface area contributed by atoms with Crippen molar-refractivity contribution < 1.29 is 4.84 Å². The quantitative estimate of drug-likeness (QED) is 0.753. The molecule has 1 aromatic carbocycles. The van der Waals surface area contributed by atoms with Crippen LogP contribution in [0.25, 0.3) is 6.08 Å². The molecular weight excluding hydrogens is 186 g/mol. The van der Waals surface area contributed by atoms with Crippen molar-refractivity contribution in [2.75, 3.05) is 7.11 Å². The molecule has 2 nitrogen and oxygen atoms in total. The fraction of sp³-hybridized carbons (Fsp3) is 0.200. The summed E-state index contributed by atoms with van der Waals surface area (Å²) in [4.78, 5) is 4.76. The third-order valence-corrected chi connectivity index (χ3v) is 1.77. The monoisotopic (exact) mass is 197 g/mol. The minimum atomic E-state index is 0.745. The van der Waals surface area contributed by atoms with Gasteiger partial charge in [0.1, 0.15) is 0 Å². The molecule has 0 fully saturated rings. The van der Waals surface area contributed by atoms with Gasteiger partial charge in [0.25, 0.3) is 0 Å². The predicted octanol–water partition coefficient (Wildman–Crippen LogP) is 2.85. The molecule has 0 aliphatic rings. The highest BCUT2D eigenvalue weighted by atomic mass is 35.5. The molecule has 1 aromatic rings. The summed E-state index contributed by atoms with van der Waals surface area (Å²) >= 11 is 5.75. The Morgan fingerprint density at radius 1 is 1.38 bits per heavy atom. The topological polar surface area (TPSA) is 21.3 Å². The molecule has 0 saturated carbocycles. The lowest BCUT2D eigenvalue weighted by Crippen LogP contribution is -2.07. The highest BCUT2D eigenvalue weighted by Crippen LogP contribution is 2.11. The van der Waals surface area contributed by atoms with E-state index in [2.05, 4.69) is 5.48 Å². The summed E-state index contributed by atoms with van der Waals surface area (Å²) in [5.74, 6) is 0. The number of benzene rings is 1. The van der Waals surface area contributed by atoms with Crippen LogP contribution in [0.2, 0.25) is 5.02 Å². The van der Waals surface area contributed by atoms with Gasteiger partial charge in [-0.2, -0.15) is 0 Å². The van der Waals surface area contributed by atoms with Crippen molar-refractivity contribution in [3.05, 3.63) is 40.5 Å². The van der Waals surface area contributed by atoms with Gasteiger partial charge in [-0.15, -0.1) is 0 Å². The summed E-state index contributed by atoms with van der Waals surface area (Å²) < 4.78 is 0. The summed E-state index contributed by atoms with van der Waals surface area (Å²) in [6, 6.07) is 7.60. The number of hydrogen-bond donors (Lipinski definition) is 1. The van der Waals surface area contributed by atoms with E-state index in [1.807, 2.05) is 37.3 Å². The highest BCUT2D eigenvalue weighted by molar-refractivity contribution is 6.30. The van der Waals surface area contributed by atoms with Gasteiger partial charge in [0.15, 0.2) is 0 Å². The molecule has 3 heteroatoms. The first kappa shape index (κ1) is 10.1. The fourth-order valence-electron chi connectivity index (χ4n) is 0.999. The molecule has 0 saturated heterocycles. The van der Waals surface area contributed by atoms with Crippen LogP contribution in [0.15, 0.2) is 30.0 Å². The van der Waals surface area contributed by atoms with Crippen molar-refractivity contribution in [2.24, 2.45) is 0 Å². The lowest BCUT2D eigenvalue weighted by atomic mass is 10.2. The Morgan fingerprint density at radius 3 is 2.54 bits per heavy atom. The molecular formula is C10H12ClNO. The molecule has 0 heterocycles. The molecule has 0 unspecified atom stereocenters. The number of hydrogen-bond acceptors (Lipinski definition) is 2. The van der Waals surface area contributed by atoms with Crippen LogP contribution < -0.4 is 5.48 Å². The van der Waals surface area contributed by atoms with Gasteiger partial charge in [0.05, 0.1) is 7.11 Å². The average molecular weight is 198 g/mol. The van der Waals surface area contributed by atoms with E-state index >= 15 is 0 Å². The smallest absolute Gasteiger partial charge is 0.0636 e.